The van der Waals surface area contributed by atoms with Gasteiger partial charge in [0.15, 0.2) is 0 Å². The van der Waals surface area contributed by atoms with Gasteiger partial charge < -0.3 is 9.80 Å². The van der Waals surface area contributed by atoms with Gasteiger partial charge in [0.05, 0.1) is 0 Å². The summed E-state index contributed by atoms with van der Waals surface area (Å²) in [4.78, 5) is 4.70. The van der Waals surface area contributed by atoms with Crippen LogP contribution in [0.15, 0.2) is 255 Å². The second-order valence-electron chi connectivity index (χ2n) is 15.7. The van der Waals surface area contributed by atoms with E-state index in [-0.39, 0.29) is 0 Å². The summed E-state index contributed by atoms with van der Waals surface area (Å²) >= 11 is 0. The van der Waals surface area contributed by atoms with Gasteiger partial charge in [0, 0.05) is 34.1 Å². The van der Waals surface area contributed by atoms with Crippen molar-refractivity contribution in [3.05, 3.63) is 255 Å². The number of hydrogen-bond donors (Lipinski definition) is 0. The maximum Gasteiger partial charge on any atom is 0.0468 e. The largest absolute Gasteiger partial charge is 0.311 e. The molecule has 292 valence electrons. The van der Waals surface area contributed by atoms with Gasteiger partial charge in [-0.1, -0.05) is 182 Å². The van der Waals surface area contributed by atoms with Crippen molar-refractivity contribution in [3.8, 4) is 33.4 Å². The van der Waals surface area contributed by atoms with E-state index in [4.69, 9.17) is 0 Å². The predicted octanol–water partition coefficient (Wildman–Crippen LogP) is 17.1. The van der Waals surface area contributed by atoms with E-state index < -0.39 is 0 Å². The quantitative estimate of drug-likeness (QED) is 0.134. The fourth-order valence-electron chi connectivity index (χ4n) is 8.98. The molecule has 2 heteroatoms. The maximum absolute atomic E-state index is 2.36. The van der Waals surface area contributed by atoms with Crippen LogP contribution in [0, 0.1) is 0 Å². The molecule has 0 aromatic heterocycles. The number of fused-ring (bicyclic) bond motifs is 6. The second kappa shape index (κ2) is 16.1. The first-order valence-electron chi connectivity index (χ1n) is 21.3. The molecule has 0 aliphatic heterocycles. The van der Waals surface area contributed by atoms with Crippen molar-refractivity contribution < 1.29 is 0 Å². The summed E-state index contributed by atoms with van der Waals surface area (Å²) in [5, 5.41) is 7.62. The highest BCUT2D eigenvalue weighted by Crippen LogP contribution is 2.42. The highest BCUT2D eigenvalue weighted by atomic mass is 15.1. The Morgan fingerprint density at radius 3 is 0.774 bits per heavy atom. The minimum atomic E-state index is 1.09. The van der Waals surface area contributed by atoms with Crippen molar-refractivity contribution in [2.75, 3.05) is 9.80 Å². The van der Waals surface area contributed by atoms with Crippen LogP contribution in [-0.4, -0.2) is 0 Å². The van der Waals surface area contributed by atoms with Crippen LogP contribution in [0.1, 0.15) is 0 Å². The number of benzene rings is 11. The Bertz CT molecular complexity index is 3170. The van der Waals surface area contributed by atoms with Gasteiger partial charge in [-0.05, 0) is 138 Å². The Labute approximate surface area is 362 Å². The lowest BCUT2D eigenvalue weighted by Crippen LogP contribution is -2.10. The van der Waals surface area contributed by atoms with Crippen molar-refractivity contribution in [1.29, 1.82) is 0 Å². The summed E-state index contributed by atoms with van der Waals surface area (Å²) in [5.74, 6) is 0. The number of anilines is 6. The normalized spacial score (nSPS) is 11.2. The average molecular weight is 791 g/mol. The molecule has 0 unspecified atom stereocenters. The van der Waals surface area contributed by atoms with Crippen LogP contribution in [-0.2, 0) is 0 Å². The topological polar surface area (TPSA) is 6.48 Å². The van der Waals surface area contributed by atoms with Gasteiger partial charge in [-0.15, -0.1) is 0 Å². The molecule has 0 aliphatic carbocycles. The highest BCUT2D eigenvalue weighted by Gasteiger charge is 2.17. The van der Waals surface area contributed by atoms with Crippen molar-refractivity contribution in [3.63, 3.8) is 0 Å². The first kappa shape index (κ1) is 36.8. The van der Waals surface area contributed by atoms with Crippen molar-refractivity contribution >= 4 is 66.4 Å². The van der Waals surface area contributed by atoms with Gasteiger partial charge in [-0.2, -0.15) is 0 Å². The van der Waals surface area contributed by atoms with E-state index in [0.717, 1.165) is 45.3 Å². The van der Waals surface area contributed by atoms with Gasteiger partial charge in [0.1, 0.15) is 0 Å². The molecule has 0 spiro atoms. The zero-order chi connectivity index (χ0) is 41.2. The van der Waals surface area contributed by atoms with Gasteiger partial charge in [0.25, 0.3) is 0 Å². The fraction of sp³-hybridized carbons (Fsp3) is 0. The Morgan fingerprint density at radius 2 is 0.403 bits per heavy atom. The molecule has 0 heterocycles. The van der Waals surface area contributed by atoms with Gasteiger partial charge in [-0.25, -0.2) is 0 Å². The molecular formula is C60H42N2. The van der Waals surface area contributed by atoms with Crippen molar-refractivity contribution in [1.82, 2.24) is 0 Å². The van der Waals surface area contributed by atoms with Gasteiger partial charge in [0.2, 0.25) is 0 Å². The smallest absolute Gasteiger partial charge is 0.0468 e. The Morgan fingerprint density at radius 1 is 0.161 bits per heavy atom. The SMILES string of the molecule is c1ccc(-c2ccc(N(c3ccc(-c4ccccc4)cc3)c3ccc(-c4ccc(N(c5ccccc5)c5ccc6c7ccccc7c7ccccc7c6c5)cc4)cc3)cc2)cc1. The molecule has 0 saturated carbocycles. The summed E-state index contributed by atoms with van der Waals surface area (Å²) in [7, 11) is 0. The monoisotopic (exact) mass is 790 g/mol. The van der Waals surface area contributed by atoms with E-state index in [1.54, 1.807) is 0 Å². The lowest BCUT2D eigenvalue weighted by Gasteiger charge is -2.27. The molecule has 62 heavy (non-hydrogen) atoms. The lowest BCUT2D eigenvalue weighted by molar-refractivity contribution is 1.28. The molecular weight excluding hydrogens is 749 g/mol. The van der Waals surface area contributed by atoms with Crippen LogP contribution in [0.5, 0.6) is 0 Å². The Balaban J connectivity index is 0.937. The molecule has 0 radical (unpaired) electrons. The molecule has 0 fully saturated rings. The average Bonchev–Trinajstić information content (AvgIpc) is 3.36. The Hall–Kier alpha value is -8.20. The molecule has 0 atom stereocenters. The zero-order valence-corrected chi connectivity index (χ0v) is 34.1. The van der Waals surface area contributed by atoms with E-state index in [1.165, 1.54) is 54.6 Å². The van der Waals surface area contributed by atoms with E-state index in [1.807, 2.05) is 0 Å². The number of hydrogen-bond acceptors (Lipinski definition) is 2. The van der Waals surface area contributed by atoms with Crippen LogP contribution >= 0.6 is 0 Å². The number of nitrogens with zero attached hydrogens (tertiary/aromatic N) is 2. The van der Waals surface area contributed by atoms with E-state index in [9.17, 15) is 0 Å². The summed E-state index contributed by atoms with van der Waals surface area (Å²) < 4.78 is 0. The molecule has 0 N–H and O–H groups in total. The summed E-state index contributed by atoms with van der Waals surface area (Å²) in [6.45, 7) is 0. The van der Waals surface area contributed by atoms with E-state index >= 15 is 0 Å². The fourth-order valence-corrected chi connectivity index (χ4v) is 8.98. The van der Waals surface area contributed by atoms with E-state index in [2.05, 4.69) is 265 Å². The third-order valence-electron chi connectivity index (χ3n) is 12.0. The summed E-state index contributed by atoms with van der Waals surface area (Å²) in [5.41, 5.74) is 13.8. The molecule has 0 bridgehead atoms. The lowest BCUT2D eigenvalue weighted by atomic mass is 9.94. The van der Waals surface area contributed by atoms with Crippen LogP contribution in [0.3, 0.4) is 0 Å². The third-order valence-corrected chi connectivity index (χ3v) is 12.0. The predicted molar refractivity (Wildman–Crippen MR) is 265 cm³/mol. The van der Waals surface area contributed by atoms with Crippen LogP contribution in [0.4, 0.5) is 34.1 Å². The Kier molecular flexibility index (Phi) is 9.57. The molecule has 2 nitrogen and oxygen atoms in total. The summed E-state index contributed by atoms with van der Waals surface area (Å²) in [6, 6.07) is 91.9. The minimum absolute atomic E-state index is 1.09. The van der Waals surface area contributed by atoms with Crippen molar-refractivity contribution in [2.24, 2.45) is 0 Å². The first-order chi connectivity index (χ1) is 30.7. The summed E-state index contributed by atoms with van der Waals surface area (Å²) in [6.07, 6.45) is 0. The molecule has 0 saturated heterocycles. The maximum atomic E-state index is 2.36. The van der Waals surface area contributed by atoms with Crippen molar-refractivity contribution in [2.45, 2.75) is 0 Å². The molecule has 11 rings (SSSR count). The minimum Gasteiger partial charge on any atom is -0.311 e. The highest BCUT2D eigenvalue weighted by molar-refractivity contribution is 6.25. The van der Waals surface area contributed by atoms with Crippen LogP contribution < -0.4 is 9.80 Å². The van der Waals surface area contributed by atoms with Crippen LogP contribution in [0.25, 0.3) is 65.7 Å². The standard InChI is InChI=1S/C60H42N2/c1-4-14-43(15-5-1)45-24-32-50(33-25-45)61(51-34-26-46(27-35-51)44-16-6-2-7-17-44)52-36-28-47(29-37-52)48-30-38-53(39-31-48)62(49-18-8-3-9-19-49)54-40-41-59-57-22-11-10-20-55(57)56-21-12-13-23-58(56)60(59)42-54/h1-42H. The molecule has 0 amide bonds. The van der Waals surface area contributed by atoms with Crippen LogP contribution in [0.2, 0.25) is 0 Å². The second-order valence-corrected chi connectivity index (χ2v) is 15.7. The molecule has 11 aromatic carbocycles. The first-order valence-corrected chi connectivity index (χ1v) is 21.3. The third kappa shape index (κ3) is 6.94. The van der Waals surface area contributed by atoms with E-state index in [0.29, 0.717) is 0 Å². The molecule has 11 aromatic rings. The zero-order valence-electron chi connectivity index (χ0n) is 34.1. The van der Waals surface area contributed by atoms with Gasteiger partial charge in [-0.3, -0.25) is 0 Å². The van der Waals surface area contributed by atoms with Gasteiger partial charge >= 0.3 is 0 Å². The number of para-hydroxylation sites is 1. The molecule has 0 aliphatic rings. The number of rotatable bonds is 9.